The van der Waals surface area contributed by atoms with Crippen LogP contribution in [0.1, 0.15) is 37.7 Å². The van der Waals surface area contributed by atoms with Gasteiger partial charge in [-0.15, -0.1) is 0 Å². The highest BCUT2D eigenvalue weighted by Crippen LogP contribution is 2.47. The molecule has 1 fully saturated rings. The molecule has 0 spiro atoms. The van der Waals surface area contributed by atoms with E-state index in [0.717, 1.165) is 30.5 Å². The molecule has 1 N–H and O–H groups in total. The number of nitro benzene ring substituents is 1. The van der Waals surface area contributed by atoms with Crippen LogP contribution >= 0.6 is 0 Å². The quantitative estimate of drug-likeness (QED) is 0.656. The zero-order valence-electron chi connectivity index (χ0n) is 10.8. The number of benzene rings is 1. The molecule has 19 heavy (non-hydrogen) atoms. The summed E-state index contributed by atoms with van der Waals surface area (Å²) in [5, 5.41) is 13.7. The Morgan fingerprint density at radius 2 is 2.16 bits per heavy atom. The first-order valence-corrected chi connectivity index (χ1v) is 6.67. The van der Waals surface area contributed by atoms with Crippen LogP contribution in [0.15, 0.2) is 18.2 Å². The van der Waals surface area contributed by atoms with Gasteiger partial charge in [-0.3, -0.25) is 14.9 Å². The van der Waals surface area contributed by atoms with Crippen molar-refractivity contribution in [1.29, 1.82) is 0 Å². The Kier molecular flexibility index (Phi) is 2.77. The van der Waals surface area contributed by atoms with Gasteiger partial charge in [-0.2, -0.15) is 0 Å². The molecule has 3 unspecified atom stereocenters. The van der Waals surface area contributed by atoms with E-state index in [1.54, 1.807) is 12.1 Å². The highest BCUT2D eigenvalue weighted by atomic mass is 16.6. The minimum atomic E-state index is -0.405. The average molecular weight is 260 g/mol. The van der Waals surface area contributed by atoms with E-state index < -0.39 is 4.92 Å². The molecule has 0 aromatic heterocycles. The molecule has 1 aromatic rings. The van der Waals surface area contributed by atoms with Gasteiger partial charge >= 0.3 is 0 Å². The summed E-state index contributed by atoms with van der Waals surface area (Å²) < 4.78 is 0. The maximum absolute atomic E-state index is 12.2. The number of nitro groups is 1. The van der Waals surface area contributed by atoms with Crippen molar-refractivity contribution in [1.82, 2.24) is 0 Å². The second kappa shape index (κ2) is 4.33. The molecule has 1 aliphatic carbocycles. The highest BCUT2D eigenvalue weighted by Gasteiger charge is 2.41. The van der Waals surface area contributed by atoms with Crippen molar-refractivity contribution in [3.05, 3.63) is 33.9 Å². The molecule has 1 saturated carbocycles. The van der Waals surface area contributed by atoms with Crippen LogP contribution in [-0.4, -0.2) is 10.8 Å². The van der Waals surface area contributed by atoms with Crippen LogP contribution in [-0.2, 0) is 4.79 Å². The Hall–Kier alpha value is -1.91. The number of nitrogens with one attached hydrogen (secondary N) is 1. The minimum Gasteiger partial charge on any atom is -0.325 e. The van der Waals surface area contributed by atoms with E-state index in [2.05, 4.69) is 12.2 Å². The number of rotatable bonds is 2. The summed E-state index contributed by atoms with van der Waals surface area (Å²) in [5.74, 6) is 0.589. The maximum atomic E-state index is 12.2. The Morgan fingerprint density at radius 1 is 1.37 bits per heavy atom. The Morgan fingerprint density at radius 3 is 2.79 bits per heavy atom. The van der Waals surface area contributed by atoms with Gasteiger partial charge in [0.25, 0.3) is 5.69 Å². The molecule has 5 nitrogen and oxygen atoms in total. The first-order chi connectivity index (χ1) is 9.08. The van der Waals surface area contributed by atoms with Crippen LogP contribution in [0.25, 0.3) is 0 Å². The van der Waals surface area contributed by atoms with E-state index in [-0.39, 0.29) is 17.5 Å². The third-order valence-corrected chi connectivity index (χ3v) is 4.48. The number of carbonyl (C=O) groups is 1. The first-order valence-electron chi connectivity index (χ1n) is 6.67. The number of hydrogen-bond acceptors (Lipinski definition) is 3. The van der Waals surface area contributed by atoms with Gasteiger partial charge < -0.3 is 5.32 Å². The molecule has 5 heteroatoms. The van der Waals surface area contributed by atoms with Crippen molar-refractivity contribution in [3.63, 3.8) is 0 Å². The fourth-order valence-corrected chi connectivity index (χ4v) is 3.48. The molecule has 1 aromatic carbocycles. The molecular weight excluding hydrogens is 244 g/mol. The Labute approximate surface area is 111 Å². The van der Waals surface area contributed by atoms with Gasteiger partial charge in [-0.1, -0.05) is 19.8 Å². The van der Waals surface area contributed by atoms with Gasteiger partial charge in [0, 0.05) is 17.8 Å². The molecular formula is C14H16N2O3. The van der Waals surface area contributed by atoms with Gasteiger partial charge in [-0.05, 0) is 29.9 Å². The molecule has 1 aliphatic heterocycles. The molecule has 100 valence electrons. The van der Waals surface area contributed by atoms with Crippen LogP contribution in [0.3, 0.4) is 0 Å². The predicted molar refractivity (Wildman–Crippen MR) is 71.0 cm³/mol. The zero-order chi connectivity index (χ0) is 13.6. The normalized spacial score (nSPS) is 29.1. The fraction of sp³-hybridized carbons (Fsp3) is 0.500. The van der Waals surface area contributed by atoms with E-state index in [4.69, 9.17) is 0 Å². The van der Waals surface area contributed by atoms with Crippen molar-refractivity contribution in [3.8, 4) is 0 Å². The summed E-state index contributed by atoms with van der Waals surface area (Å²) in [6, 6.07) is 4.65. The lowest BCUT2D eigenvalue weighted by Crippen LogP contribution is -2.22. The van der Waals surface area contributed by atoms with Crippen molar-refractivity contribution in [2.45, 2.75) is 32.1 Å². The lowest BCUT2D eigenvalue weighted by Gasteiger charge is -2.21. The molecule has 0 bridgehead atoms. The number of nitrogens with zero attached hydrogens (tertiary/aromatic N) is 1. The van der Waals surface area contributed by atoms with Crippen LogP contribution in [0.2, 0.25) is 0 Å². The van der Waals surface area contributed by atoms with E-state index in [1.165, 1.54) is 6.07 Å². The smallest absolute Gasteiger partial charge is 0.269 e. The van der Waals surface area contributed by atoms with E-state index >= 15 is 0 Å². The summed E-state index contributed by atoms with van der Waals surface area (Å²) in [4.78, 5) is 22.6. The summed E-state index contributed by atoms with van der Waals surface area (Å²) in [6.07, 6.45) is 3.31. The predicted octanol–water partition coefficient (Wildman–Crippen LogP) is 3.07. The number of hydrogen-bond donors (Lipinski definition) is 1. The number of anilines is 1. The monoisotopic (exact) mass is 260 g/mol. The summed E-state index contributed by atoms with van der Waals surface area (Å²) in [7, 11) is 0. The largest absolute Gasteiger partial charge is 0.325 e. The third-order valence-electron chi connectivity index (χ3n) is 4.48. The standard InChI is InChI=1S/C14H16N2O3/c1-8-3-2-4-10(8)13-11-7-9(16(18)19)5-6-12(11)15-14(13)17/h5-8,10,13H,2-4H2,1H3,(H,15,17). The Bertz CT molecular complexity index is 556. The molecule has 2 aliphatic rings. The van der Waals surface area contributed by atoms with E-state index in [1.807, 2.05) is 0 Å². The van der Waals surface area contributed by atoms with E-state index in [0.29, 0.717) is 11.8 Å². The number of carbonyl (C=O) groups excluding carboxylic acids is 1. The van der Waals surface area contributed by atoms with Crippen LogP contribution in [0.5, 0.6) is 0 Å². The molecule has 0 radical (unpaired) electrons. The van der Waals surface area contributed by atoms with Crippen molar-refractivity contribution in [2.24, 2.45) is 11.8 Å². The third kappa shape index (κ3) is 1.89. The molecule has 3 rings (SSSR count). The number of non-ortho nitro benzene ring substituents is 1. The van der Waals surface area contributed by atoms with Crippen LogP contribution < -0.4 is 5.32 Å². The molecule has 1 heterocycles. The maximum Gasteiger partial charge on any atom is 0.269 e. The van der Waals surface area contributed by atoms with Crippen LogP contribution in [0.4, 0.5) is 11.4 Å². The second-order valence-corrected chi connectivity index (χ2v) is 5.57. The summed E-state index contributed by atoms with van der Waals surface area (Å²) in [5.41, 5.74) is 1.60. The van der Waals surface area contributed by atoms with Gasteiger partial charge in [0.1, 0.15) is 0 Å². The lowest BCUT2D eigenvalue weighted by molar-refractivity contribution is -0.384. The molecule has 3 atom stereocenters. The van der Waals surface area contributed by atoms with Crippen molar-refractivity contribution in [2.75, 3.05) is 5.32 Å². The Balaban J connectivity index is 2.02. The van der Waals surface area contributed by atoms with Gasteiger partial charge in [0.15, 0.2) is 0 Å². The van der Waals surface area contributed by atoms with Crippen molar-refractivity contribution >= 4 is 17.3 Å². The van der Waals surface area contributed by atoms with Gasteiger partial charge in [-0.25, -0.2) is 0 Å². The van der Waals surface area contributed by atoms with Crippen LogP contribution in [0, 0.1) is 22.0 Å². The second-order valence-electron chi connectivity index (χ2n) is 5.57. The number of amides is 1. The summed E-state index contributed by atoms with van der Waals surface area (Å²) >= 11 is 0. The topological polar surface area (TPSA) is 72.2 Å². The average Bonchev–Trinajstić information content (AvgIpc) is 2.90. The molecule has 1 amide bonds. The SMILES string of the molecule is CC1CCCC1C1C(=O)Nc2ccc([N+](=O)[O-])cc21. The first kappa shape index (κ1) is 12.1. The zero-order valence-corrected chi connectivity index (χ0v) is 10.8. The lowest BCUT2D eigenvalue weighted by atomic mass is 9.81. The summed E-state index contributed by atoms with van der Waals surface area (Å²) in [6.45, 7) is 2.17. The minimum absolute atomic E-state index is 0.00533. The van der Waals surface area contributed by atoms with Gasteiger partial charge in [0.05, 0.1) is 10.8 Å². The van der Waals surface area contributed by atoms with Gasteiger partial charge in [0.2, 0.25) is 5.91 Å². The molecule has 0 saturated heterocycles. The highest BCUT2D eigenvalue weighted by molar-refractivity contribution is 6.03. The fourth-order valence-electron chi connectivity index (χ4n) is 3.48. The van der Waals surface area contributed by atoms with Crippen molar-refractivity contribution < 1.29 is 9.72 Å². The number of fused-ring (bicyclic) bond motifs is 1. The van der Waals surface area contributed by atoms with E-state index in [9.17, 15) is 14.9 Å².